The number of halogens is 1. The molecule has 1 saturated carbocycles. The molecule has 1 aromatic rings. The van der Waals surface area contributed by atoms with Crippen LogP contribution in [0.15, 0.2) is 28.7 Å². The highest BCUT2D eigenvalue weighted by Gasteiger charge is 2.22. The Hall–Kier alpha value is -0.870. The minimum absolute atomic E-state index is 0.147. The number of carbonyl (C=O) groups is 1. The highest BCUT2D eigenvalue weighted by molar-refractivity contribution is 9.10. The van der Waals surface area contributed by atoms with Gasteiger partial charge in [-0.2, -0.15) is 0 Å². The highest BCUT2D eigenvalue weighted by Crippen LogP contribution is 2.23. The Morgan fingerprint density at radius 2 is 1.95 bits per heavy atom. The molecule has 1 aliphatic rings. The molecule has 4 heteroatoms. The fourth-order valence-electron chi connectivity index (χ4n) is 2.99. The number of rotatable bonds is 5. The Bertz CT molecular complexity index is 460. The van der Waals surface area contributed by atoms with Crippen LogP contribution in [0.2, 0.25) is 0 Å². The lowest BCUT2D eigenvalue weighted by Gasteiger charge is -2.30. The van der Waals surface area contributed by atoms with E-state index in [9.17, 15) is 4.79 Å². The average molecular weight is 353 g/mol. The van der Waals surface area contributed by atoms with Crippen LogP contribution in [0.5, 0.6) is 0 Å². The zero-order valence-electron chi connectivity index (χ0n) is 12.9. The summed E-state index contributed by atoms with van der Waals surface area (Å²) in [5.74, 6) is 0.757. The van der Waals surface area contributed by atoms with E-state index in [1.54, 1.807) is 0 Å². The molecule has 1 amide bonds. The second kappa shape index (κ2) is 7.95. The first-order valence-electron chi connectivity index (χ1n) is 7.77. The summed E-state index contributed by atoms with van der Waals surface area (Å²) in [4.78, 5) is 14.2. The summed E-state index contributed by atoms with van der Waals surface area (Å²) in [5.41, 5.74) is 1.22. The first-order chi connectivity index (χ1) is 10.0. The second-order valence-electron chi connectivity index (χ2n) is 6.23. The number of hydrogen-bond donors (Lipinski definition) is 1. The molecule has 1 aromatic carbocycles. The number of nitrogens with zero attached hydrogens (tertiary/aromatic N) is 1. The Labute approximate surface area is 136 Å². The predicted octanol–water partition coefficient (Wildman–Crippen LogP) is 3.58. The van der Waals surface area contributed by atoms with Crippen molar-refractivity contribution in [2.45, 2.75) is 45.2 Å². The Kier molecular flexibility index (Phi) is 6.24. The number of nitrogens with one attached hydrogen (secondary N) is 1. The van der Waals surface area contributed by atoms with E-state index in [1.165, 1.54) is 24.8 Å². The van der Waals surface area contributed by atoms with Crippen molar-refractivity contribution in [3.63, 3.8) is 0 Å². The van der Waals surface area contributed by atoms with Gasteiger partial charge < -0.3 is 5.32 Å². The van der Waals surface area contributed by atoms with Gasteiger partial charge in [-0.05, 0) is 43.5 Å². The van der Waals surface area contributed by atoms with E-state index in [4.69, 9.17) is 0 Å². The Balaban J connectivity index is 1.77. The molecule has 0 aliphatic heterocycles. The van der Waals surface area contributed by atoms with Crippen molar-refractivity contribution < 1.29 is 4.79 Å². The monoisotopic (exact) mass is 352 g/mol. The Morgan fingerprint density at radius 3 is 2.62 bits per heavy atom. The lowest BCUT2D eigenvalue weighted by atomic mass is 9.86. The molecule has 1 N–H and O–H groups in total. The molecule has 1 aliphatic carbocycles. The molecule has 0 saturated heterocycles. The zero-order chi connectivity index (χ0) is 15.2. The first-order valence-corrected chi connectivity index (χ1v) is 8.56. The van der Waals surface area contributed by atoms with Gasteiger partial charge in [-0.1, -0.05) is 47.8 Å². The van der Waals surface area contributed by atoms with E-state index < -0.39 is 0 Å². The number of benzene rings is 1. The largest absolute Gasteiger partial charge is 0.352 e. The van der Waals surface area contributed by atoms with Crippen molar-refractivity contribution in [3.8, 4) is 0 Å². The van der Waals surface area contributed by atoms with Crippen LogP contribution in [0, 0.1) is 5.92 Å². The summed E-state index contributed by atoms with van der Waals surface area (Å²) in [5, 5.41) is 3.21. The van der Waals surface area contributed by atoms with Crippen molar-refractivity contribution in [1.82, 2.24) is 10.2 Å². The summed E-state index contributed by atoms with van der Waals surface area (Å²) in [6.07, 6.45) is 4.91. The maximum Gasteiger partial charge on any atom is 0.234 e. The number of likely N-dealkylation sites (N-methyl/N-ethyl adjacent to an activating group) is 1. The van der Waals surface area contributed by atoms with Crippen LogP contribution in [0.3, 0.4) is 0 Å². The van der Waals surface area contributed by atoms with Gasteiger partial charge in [-0.3, -0.25) is 9.69 Å². The van der Waals surface area contributed by atoms with Crippen LogP contribution in [0.4, 0.5) is 0 Å². The van der Waals surface area contributed by atoms with Gasteiger partial charge in [0, 0.05) is 17.1 Å². The molecule has 0 bridgehead atoms. The average Bonchev–Trinajstić information content (AvgIpc) is 2.44. The van der Waals surface area contributed by atoms with Crippen molar-refractivity contribution in [1.29, 1.82) is 0 Å². The summed E-state index contributed by atoms with van der Waals surface area (Å²) in [6, 6.07) is 8.61. The topological polar surface area (TPSA) is 32.3 Å². The van der Waals surface area contributed by atoms with E-state index in [1.807, 2.05) is 19.2 Å². The molecule has 116 valence electrons. The minimum atomic E-state index is 0.147. The van der Waals surface area contributed by atoms with Crippen molar-refractivity contribution in [2.24, 2.45) is 5.92 Å². The van der Waals surface area contributed by atoms with Crippen LogP contribution < -0.4 is 5.32 Å². The Morgan fingerprint density at radius 1 is 1.29 bits per heavy atom. The molecule has 2 atom stereocenters. The van der Waals surface area contributed by atoms with E-state index in [0.29, 0.717) is 18.5 Å². The number of hydrogen-bond acceptors (Lipinski definition) is 2. The highest BCUT2D eigenvalue weighted by atomic mass is 79.9. The first kappa shape index (κ1) is 16.5. The van der Waals surface area contributed by atoms with Gasteiger partial charge in [-0.15, -0.1) is 0 Å². The van der Waals surface area contributed by atoms with Crippen LogP contribution in [-0.4, -0.2) is 30.4 Å². The SMILES string of the molecule is C[C@H]1CCCC[C@H]1NC(=O)CN(C)Cc1ccc(Br)cc1. The predicted molar refractivity (Wildman–Crippen MR) is 90.0 cm³/mol. The molecule has 1 fully saturated rings. The van der Waals surface area contributed by atoms with E-state index in [2.05, 4.69) is 45.2 Å². The maximum absolute atomic E-state index is 12.2. The third-order valence-corrected chi connectivity index (χ3v) is 4.77. The van der Waals surface area contributed by atoms with Gasteiger partial charge >= 0.3 is 0 Å². The van der Waals surface area contributed by atoms with E-state index >= 15 is 0 Å². The van der Waals surface area contributed by atoms with Gasteiger partial charge in [0.2, 0.25) is 5.91 Å². The third-order valence-electron chi connectivity index (χ3n) is 4.24. The minimum Gasteiger partial charge on any atom is -0.352 e. The lowest BCUT2D eigenvalue weighted by Crippen LogP contribution is -2.44. The normalized spacial score (nSPS) is 22.3. The third kappa shape index (κ3) is 5.44. The molecule has 0 radical (unpaired) electrons. The van der Waals surface area contributed by atoms with E-state index in [0.717, 1.165) is 17.4 Å². The fourth-order valence-corrected chi connectivity index (χ4v) is 3.25. The fraction of sp³-hybridized carbons (Fsp3) is 0.588. The second-order valence-corrected chi connectivity index (χ2v) is 7.15. The standard InChI is InChI=1S/C17H25BrN2O/c1-13-5-3-4-6-16(13)19-17(21)12-20(2)11-14-7-9-15(18)10-8-14/h7-10,13,16H,3-6,11-12H2,1-2H3,(H,19,21)/t13-,16+/m0/s1. The molecule has 0 heterocycles. The summed E-state index contributed by atoms with van der Waals surface area (Å²) < 4.78 is 1.08. The molecule has 0 unspecified atom stereocenters. The summed E-state index contributed by atoms with van der Waals surface area (Å²) in [7, 11) is 1.99. The molecular weight excluding hydrogens is 328 g/mol. The molecular formula is C17H25BrN2O. The summed E-state index contributed by atoms with van der Waals surface area (Å²) >= 11 is 3.44. The van der Waals surface area contributed by atoms with Crippen molar-refractivity contribution >= 4 is 21.8 Å². The molecule has 2 rings (SSSR count). The van der Waals surface area contributed by atoms with E-state index in [-0.39, 0.29) is 5.91 Å². The van der Waals surface area contributed by atoms with Gasteiger partial charge in [-0.25, -0.2) is 0 Å². The van der Waals surface area contributed by atoms with Crippen LogP contribution in [0.1, 0.15) is 38.2 Å². The maximum atomic E-state index is 12.2. The van der Waals surface area contributed by atoms with Gasteiger partial charge in [0.15, 0.2) is 0 Å². The number of amides is 1. The molecule has 0 spiro atoms. The zero-order valence-corrected chi connectivity index (χ0v) is 14.5. The number of carbonyl (C=O) groups excluding carboxylic acids is 1. The van der Waals surface area contributed by atoms with Crippen molar-refractivity contribution in [3.05, 3.63) is 34.3 Å². The van der Waals surface area contributed by atoms with Gasteiger partial charge in [0.1, 0.15) is 0 Å². The lowest BCUT2D eigenvalue weighted by molar-refractivity contribution is -0.123. The smallest absolute Gasteiger partial charge is 0.234 e. The van der Waals surface area contributed by atoms with Crippen LogP contribution >= 0.6 is 15.9 Å². The molecule has 3 nitrogen and oxygen atoms in total. The van der Waals surface area contributed by atoms with Gasteiger partial charge in [0.25, 0.3) is 0 Å². The quantitative estimate of drug-likeness (QED) is 0.878. The van der Waals surface area contributed by atoms with Gasteiger partial charge in [0.05, 0.1) is 6.54 Å². The van der Waals surface area contributed by atoms with Crippen LogP contribution in [-0.2, 0) is 11.3 Å². The molecule has 0 aromatic heterocycles. The molecule has 21 heavy (non-hydrogen) atoms. The summed E-state index contributed by atoms with van der Waals surface area (Å²) in [6.45, 7) is 3.50. The van der Waals surface area contributed by atoms with Crippen molar-refractivity contribution in [2.75, 3.05) is 13.6 Å². The van der Waals surface area contributed by atoms with Crippen LogP contribution in [0.25, 0.3) is 0 Å².